The molecule has 1 saturated heterocycles. The molecule has 0 saturated carbocycles. The van der Waals surface area contributed by atoms with Crippen molar-refractivity contribution in [3.63, 3.8) is 0 Å². The molecule has 0 spiro atoms. The van der Waals surface area contributed by atoms with Crippen LogP contribution in [0.3, 0.4) is 0 Å². The lowest BCUT2D eigenvalue weighted by molar-refractivity contribution is -0.134. The van der Waals surface area contributed by atoms with E-state index in [0.717, 1.165) is 18.7 Å². The van der Waals surface area contributed by atoms with Gasteiger partial charge in [-0.3, -0.25) is 14.8 Å². The predicted molar refractivity (Wildman–Crippen MR) is 92.5 cm³/mol. The van der Waals surface area contributed by atoms with Gasteiger partial charge in [-0.25, -0.2) is 9.78 Å². The summed E-state index contributed by atoms with van der Waals surface area (Å²) in [5.41, 5.74) is 2.12. The van der Waals surface area contributed by atoms with E-state index in [4.69, 9.17) is 9.84 Å². The third kappa shape index (κ3) is 4.20. The molecule has 26 heavy (non-hydrogen) atoms. The zero-order chi connectivity index (χ0) is 18.5. The monoisotopic (exact) mass is 356 g/mol. The molecule has 1 N–H and O–H groups in total. The van der Waals surface area contributed by atoms with Crippen molar-refractivity contribution in [2.24, 2.45) is 5.92 Å². The molecular formula is C18H20N4O4. The maximum absolute atomic E-state index is 11.9. The average molecular weight is 356 g/mol. The molecule has 1 aliphatic rings. The Labute approximate surface area is 150 Å². The number of aromatic carboxylic acids is 1. The largest absolute Gasteiger partial charge is 0.478 e. The van der Waals surface area contributed by atoms with Crippen molar-refractivity contribution in [3.8, 4) is 11.3 Å². The molecule has 2 aromatic heterocycles. The van der Waals surface area contributed by atoms with Crippen molar-refractivity contribution in [2.75, 3.05) is 26.8 Å². The van der Waals surface area contributed by atoms with Crippen molar-refractivity contribution in [1.82, 2.24) is 19.9 Å². The Morgan fingerprint density at radius 2 is 2.08 bits per heavy atom. The van der Waals surface area contributed by atoms with Gasteiger partial charge in [0.15, 0.2) is 0 Å². The lowest BCUT2D eigenvalue weighted by Gasteiger charge is -2.15. The molecule has 8 heteroatoms. The van der Waals surface area contributed by atoms with Crippen LogP contribution in [0.1, 0.15) is 22.5 Å². The number of nitrogens with zero attached hydrogens (tertiary/aromatic N) is 4. The molecule has 0 aromatic carbocycles. The maximum Gasteiger partial charge on any atom is 0.337 e. The first kappa shape index (κ1) is 17.9. The summed E-state index contributed by atoms with van der Waals surface area (Å²) in [5.74, 6) is -0.703. The van der Waals surface area contributed by atoms with Gasteiger partial charge in [0.25, 0.3) is 0 Å². The van der Waals surface area contributed by atoms with E-state index in [1.54, 1.807) is 18.6 Å². The van der Waals surface area contributed by atoms with E-state index in [-0.39, 0.29) is 18.1 Å². The summed E-state index contributed by atoms with van der Waals surface area (Å²) in [5, 5.41) is 9.09. The Kier molecular flexibility index (Phi) is 5.52. The number of carboxylic acids is 1. The maximum atomic E-state index is 11.9. The summed E-state index contributed by atoms with van der Waals surface area (Å²) in [4.78, 5) is 37.6. The van der Waals surface area contributed by atoms with Crippen molar-refractivity contribution >= 4 is 11.9 Å². The van der Waals surface area contributed by atoms with E-state index in [2.05, 4.69) is 15.0 Å². The fraction of sp³-hybridized carbons (Fsp3) is 0.389. The van der Waals surface area contributed by atoms with E-state index in [0.29, 0.717) is 30.1 Å². The van der Waals surface area contributed by atoms with Gasteiger partial charge in [0.05, 0.1) is 23.1 Å². The summed E-state index contributed by atoms with van der Waals surface area (Å²) in [6.07, 6.45) is 7.79. The highest BCUT2D eigenvalue weighted by atomic mass is 16.5. The molecule has 3 rings (SSSR count). The molecule has 1 unspecified atom stereocenters. The second-order valence-electron chi connectivity index (χ2n) is 6.29. The fourth-order valence-electron chi connectivity index (χ4n) is 3.08. The summed E-state index contributed by atoms with van der Waals surface area (Å²) in [7, 11) is 1.51. The van der Waals surface area contributed by atoms with Crippen molar-refractivity contribution in [1.29, 1.82) is 0 Å². The molecule has 136 valence electrons. The molecule has 0 aliphatic carbocycles. The van der Waals surface area contributed by atoms with E-state index in [1.807, 2.05) is 4.90 Å². The lowest BCUT2D eigenvalue weighted by atomic mass is 10.0. The van der Waals surface area contributed by atoms with Crippen LogP contribution in [0.25, 0.3) is 11.3 Å². The van der Waals surface area contributed by atoms with Gasteiger partial charge < -0.3 is 14.7 Å². The van der Waals surface area contributed by atoms with E-state index in [9.17, 15) is 9.59 Å². The minimum absolute atomic E-state index is 0.00592. The number of hydrogen-bond donors (Lipinski definition) is 1. The Balaban J connectivity index is 1.70. The van der Waals surface area contributed by atoms with Crippen molar-refractivity contribution in [2.45, 2.75) is 12.8 Å². The summed E-state index contributed by atoms with van der Waals surface area (Å²) < 4.78 is 4.90. The third-order valence-corrected chi connectivity index (χ3v) is 4.37. The average Bonchev–Trinajstić information content (AvgIpc) is 3.11. The molecule has 1 atom stereocenters. The van der Waals surface area contributed by atoms with Crippen LogP contribution in [0.4, 0.5) is 0 Å². The van der Waals surface area contributed by atoms with Gasteiger partial charge in [-0.2, -0.15) is 0 Å². The number of methoxy groups -OCH3 is 1. The van der Waals surface area contributed by atoms with Crippen LogP contribution in [0.15, 0.2) is 30.9 Å². The summed E-state index contributed by atoms with van der Waals surface area (Å²) in [6, 6.07) is 1.53. The number of likely N-dealkylation sites (tertiary alicyclic amines) is 1. The molecule has 1 aliphatic heterocycles. The minimum atomic E-state index is -1.03. The van der Waals surface area contributed by atoms with E-state index >= 15 is 0 Å². The lowest BCUT2D eigenvalue weighted by Crippen LogP contribution is -2.31. The number of hydrogen-bond acceptors (Lipinski definition) is 6. The van der Waals surface area contributed by atoms with Crippen LogP contribution >= 0.6 is 0 Å². The van der Waals surface area contributed by atoms with E-state index < -0.39 is 5.97 Å². The Morgan fingerprint density at radius 3 is 2.85 bits per heavy atom. The number of pyridine rings is 1. The van der Waals surface area contributed by atoms with Crippen LogP contribution in [0, 0.1) is 5.92 Å². The highest BCUT2D eigenvalue weighted by Crippen LogP contribution is 2.22. The van der Waals surface area contributed by atoms with Crippen LogP contribution in [0.2, 0.25) is 0 Å². The molecule has 0 radical (unpaired) electrons. The smallest absolute Gasteiger partial charge is 0.337 e. The number of carboxylic acid groups (broad SMARTS) is 1. The van der Waals surface area contributed by atoms with Gasteiger partial charge >= 0.3 is 5.97 Å². The molecule has 0 bridgehead atoms. The number of amides is 1. The van der Waals surface area contributed by atoms with E-state index in [1.165, 1.54) is 19.4 Å². The van der Waals surface area contributed by atoms with Gasteiger partial charge in [0.1, 0.15) is 6.61 Å². The molecule has 3 heterocycles. The number of carbonyl (C=O) groups excluding carboxylic acids is 1. The number of aromatic nitrogens is 3. The van der Waals surface area contributed by atoms with Gasteiger partial charge in [0.2, 0.25) is 5.91 Å². The molecule has 2 aromatic rings. The number of carbonyl (C=O) groups is 2. The Morgan fingerprint density at radius 1 is 1.27 bits per heavy atom. The fourth-order valence-corrected chi connectivity index (χ4v) is 3.08. The zero-order valence-electron chi connectivity index (χ0n) is 14.5. The number of ether oxygens (including phenoxy) is 1. The highest BCUT2D eigenvalue weighted by molar-refractivity contribution is 5.88. The number of rotatable bonds is 6. The van der Waals surface area contributed by atoms with Crippen LogP contribution in [0.5, 0.6) is 0 Å². The SMILES string of the molecule is COCC(=O)N1CCC(Cc2cncc(-c3cncc(C(=O)O)c3)n2)C1. The minimum Gasteiger partial charge on any atom is -0.478 e. The van der Waals surface area contributed by atoms with Crippen LogP contribution in [-0.4, -0.2) is 63.6 Å². The van der Waals surface area contributed by atoms with Gasteiger partial charge in [-0.1, -0.05) is 0 Å². The molecule has 1 amide bonds. The summed E-state index contributed by atoms with van der Waals surface area (Å²) in [6.45, 7) is 1.52. The first-order chi connectivity index (χ1) is 12.6. The second-order valence-corrected chi connectivity index (χ2v) is 6.29. The van der Waals surface area contributed by atoms with Crippen LogP contribution < -0.4 is 0 Å². The van der Waals surface area contributed by atoms with Crippen molar-refractivity contribution in [3.05, 3.63) is 42.1 Å². The zero-order valence-corrected chi connectivity index (χ0v) is 14.5. The summed E-state index contributed by atoms with van der Waals surface area (Å²) >= 11 is 0. The Bertz CT molecular complexity index is 811. The van der Waals surface area contributed by atoms with Gasteiger partial charge in [0, 0.05) is 44.4 Å². The second kappa shape index (κ2) is 8.01. The quantitative estimate of drug-likeness (QED) is 0.831. The first-order valence-electron chi connectivity index (χ1n) is 8.33. The topological polar surface area (TPSA) is 106 Å². The van der Waals surface area contributed by atoms with Crippen LogP contribution in [-0.2, 0) is 16.0 Å². The first-order valence-corrected chi connectivity index (χ1v) is 8.33. The molecule has 8 nitrogen and oxygen atoms in total. The normalized spacial score (nSPS) is 16.7. The third-order valence-electron chi connectivity index (χ3n) is 4.37. The predicted octanol–water partition coefficient (Wildman–Crippen LogP) is 1.27. The van der Waals surface area contributed by atoms with Gasteiger partial charge in [-0.05, 0) is 24.8 Å². The standard InChI is InChI=1S/C18H20N4O4/c1-26-11-17(23)22-3-2-12(10-22)4-15-8-20-9-16(21-15)13-5-14(18(24)25)7-19-6-13/h5-9,12H,2-4,10-11H2,1H3,(H,24,25). The Hall–Kier alpha value is -2.87. The highest BCUT2D eigenvalue weighted by Gasteiger charge is 2.26. The van der Waals surface area contributed by atoms with Gasteiger partial charge in [-0.15, -0.1) is 0 Å². The molecule has 1 fully saturated rings. The van der Waals surface area contributed by atoms with Crippen molar-refractivity contribution < 1.29 is 19.4 Å². The molecular weight excluding hydrogens is 336 g/mol.